The van der Waals surface area contributed by atoms with Crippen LogP contribution in [0.2, 0.25) is 0 Å². The summed E-state index contributed by atoms with van der Waals surface area (Å²) < 4.78 is 10.6. The second-order valence-corrected chi connectivity index (χ2v) is 5.81. The molecule has 0 bridgehead atoms. The number of hydrogen-bond donors (Lipinski definition) is 1. The summed E-state index contributed by atoms with van der Waals surface area (Å²) in [5.41, 5.74) is -1.12. The second kappa shape index (κ2) is 4.82. The van der Waals surface area contributed by atoms with Crippen molar-refractivity contribution in [1.29, 1.82) is 0 Å². The van der Waals surface area contributed by atoms with Gasteiger partial charge in [-0.05, 0) is 27.7 Å². The molecule has 1 amide bonds. The number of rotatable bonds is 2. The van der Waals surface area contributed by atoms with Gasteiger partial charge >= 0.3 is 6.09 Å². The van der Waals surface area contributed by atoms with Crippen molar-refractivity contribution in [3.05, 3.63) is 0 Å². The Balaban J connectivity index is 2.77. The number of aliphatic hydroxyl groups excluding tert-OH is 1. The normalized spacial score (nSPS) is 29.5. The predicted octanol–water partition coefficient (Wildman–Crippen LogP) is 1.39. The Kier molecular flexibility index (Phi) is 4.04. The van der Waals surface area contributed by atoms with Gasteiger partial charge in [0.2, 0.25) is 0 Å². The molecule has 0 aromatic carbocycles. The zero-order valence-electron chi connectivity index (χ0n) is 11.3. The van der Waals surface area contributed by atoms with Crippen molar-refractivity contribution in [2.45, 2.75) is 51.4 Å². The van der Waals surface area contributed by atoms with Crippen LogP contribution in [0, 0.1) is 0 Å². The molecule has 1 aliphatic heterocycles. The van der Waals surface area contributed by atoms with Crippen LogP contribution in [0.1, 0.15) is 34.1 Å². The minimum atomic E-state index is -0.594. The minimum absolute atomic E-state index is 0.0420. The Labute approximate surface area is 103 Å². The largest absolute Gasteiger partial charge is 0.444 e. The maximum atomic E-state index is 12.0. The fraction of sp³-hybridized carbons (Fsp3) is 0.917. The number of ether oxygens (including phenoxy) is 2. The fourth-order valence-corrected chi connectivity index (χ4v) is 2.01. The average molecular weight is 245 g/mol. The molecule has 0 aliphatic carbocycles. The highest BCUT2D eigenvalue weighted by Gasteiger charge is 2.46. The predicted molar refractivity (Wildman–Crippen MR) is 63.8 cm³/mol. The molecule has 0 saturated carbocycles. The summed E-state index contributed by atoms with van der Waals surface area (Å²) in [6.45, 7) is 7.69. The maximum Gasteiger partial charge on any atom is 0.410 e. The third-order valence-corrected chi connectivity index (χ3v) is 2.99. The van der Waals surface area contributed by atoms with Crippen molar-refractivity contribution in [3.63, 3.8) is 0 Å². The molecular formula is C12H23NO4. The van der Waals surface area contributed by atoms with Gasteiger partial charge in [-0.2, -0.15) is 0 Å². The highest BCUT2D eigenvalue weighted by atomic mass is 16.6. The topological polar surface area (TPSA) is 59.0 Å². The van der Waals surface area contributed by atoms with E-state index in [4.69, 9.17) is 9.47 Å². The fourth-order valence-electron chi connectivity index (χ4n) is 2.01. The van der Waals surface area contributed by atoms with E-state index in [2.05, 4.69) is 0 Å². The maximum absolute atomic E-state index is 12.0. The van der Waals surface area contributed by atoms with Gasteiger partial charge in [0.1, 0.15) is 5.60 Å². The van der Waals surface area contributed by atoms with Gasteiger partial charge in [0, 0.05) is 13.5 Å². The SMILES string of the molecule is CO[C@H]1CN(C(=O)OC(C)(C)C)[C@](C)(CO)C1. The third-order valence-electron chi connectivity index (χ3n) is 2.99. The van der Waals surface area contributed by atoms with E-state index in [-0.39, 0.29) is 12.7 Å². The molecule has 100 valence electrons. The molecule has 0 radical (unpaired) electrons. The van der Waals surface area contributed by atoms with Crippen LogP contribution in [0.5, 0.6) is 0 Å². The number of carbonyl (C=O) groups excluding carboxylic acids is 1. The summed E-state index contributed by atoms with van der Waals surface area (Å²) in [5.74, 6) is 0. The lowest BCUT2D eigenvalue weighted by molar-refractivity contribution is -0.000578. The van der Waals surface area contributed by atoms with E-state index in [1.807, 2.05) is 27.7 Å². The van der Waals surface area contributed by atoms with Crippen LogP contribution in [-0.4, -0.2) is 53.6 Å². The van der Waals surface area contributed by atoms with Gasteiger partial charge < -0.3 is 14.6 Å². The van der Waals surface area contributed by atoms with Gasteiger partial charge in [-0.1, -0.05) is 0 Å². The molecule has 0 spiro atoms. The molecule has 0 unspecified atom stereocenters. The molecule has 2 atom stereocenters. The Morgan fingerprint density at radius 3 is 2.53 bits per heavy atom. The van der Waals surface area contributed by atoms with Crippen molar-refractivity contribution in [2.75, 3.05) is 20.3 Å². The van der Waals surface area contributed by atoms with Gasteiger partial charge in [0.25, 0.3) is 0 Å². The van der Waals surface area contributed by atoms with Gasteiger partial charge in [0.15, 0.2) is 0 Å². The van der Waals surface area contributed by atoms with Gasteiger partial charge in [-0.25, -0.2) is 4.79 Å². The zero-order valence-corrected chi connectivity index (χ0v) is 11.3. The molecule has 0 aromatic rings. The van der Waals surface area contributed by atoms with Crippen molar-refractivity contribution in [1.82, 2.24) is 4.90 Å². The van der Waals surface area contributed by atoms with Crippen molar-refractivity contribution < 1.29 is 19.4 Å². The Morgan fingerprint density at radius 2 is 2.12 bits per heavy atom. The molecule has 0 aromatic heterocycles. The van der Waals surface area contributed by atoms with Gasteiger partial charge in [0.05, 0.1) is 24.8 Å². The molecule has 5 heteroatoms. The van der Waals surface area contributed by atoms with Crippen LogP contribution < -0.4 is 0 Å². The summed E-state index contributed by atoms with van der Waals surface area (Å²) in [5, 5.41) is 9.45. The first-order valence-corrected chi connectivity index (χ1v) is 5.86. The lowest BCUT2D eigenvalue weighted by Crippen LogP contribution is -2.49. The molecule has 1 aliphatic rings. The lowest BCUT2D eigenvalue weighted by atomic mass is 10.00. The second-order valence-electron chi connectivity index (χ2n) is 5.81. The van der Waals surface area contributed by atoms with E-state index < -0.39 is 17.2 Å². The monoisotopic (exact) mass is 245 g/mol. The van der Waals surface area contributed by atoms with Gasteiger partial charge in [-0.15, -0.1) is 0 Å². The first-order valence-electron chi connectivity index (χ1n) is 5.86. The number of likely N-dealkylation sites (tertiary alicyclic amines) is 1. The number of aliphatic hydroxyl groups is 1. The molecular weight excluding hydrogens is 222 g/mol. The first kappa shape index (κ1) is 14.3. The van der Waals surface area contributed by atoms with E-state index in [1.165, 1.54) is 0 Å². The van der Waals surface area contributed by atoms with E-state index in [1.54, 1.807) is 12.0 Å². The Hall–Kier alpha value is -0.810. The number of nitrogens with zero attached hydrogens (tertiary/aromatic N) is 1. The van der Waals surface area contributed by atoms with E-state index in [0.29, 0.717) is 13.0 Å². The van der Waals surface area contributed by atoms with E-state index >= 15 is 0 Å². The summed E-state index contributed by atoms with van der Waals surface area (Å²) in [7, 11) is 1.61. The Morgan fingerprint density at radius 1 is 1.53 bits per heavy atom. The zero-order chi connectivity index (χ0) is 13.3. The van der Waals surface area contributed by atoms with Crippen LogP contribution in [0.4, 0.5) is 4.79 Å². The van der Waals surface area contributed by atoms with Crippen LogP contribution in [-0.2, 0) is 9.47 Å². The molecule has 5 nitrogen and oxygen atoms in total. The average Bonchev–Trinajstić information content (AvgIpc) is 2.54. The van der Waals surface area contributed by atoms with Crippen LogP contribution in [0.15, 0.2) is 0 Å². The van der Waals surface area contributed by atoms with Gasteiger partial charge in [-0.3, -0.25) is 4.90 Å². The standard InChI is InChI=1S/C12H23NO4/c1-11(2,3)17-10(15)13-7-9(16-5)6-12(13,4)8-14/h9,14H,6-8H2,1-5H3/t9-,12+/m1/s1. The minimum Gasteiger partial charge on any atom is -0.444 e. The van der Waals surface area contributed by atoms with Crippen LogP contribution in [0.25, 0.3) is 0 Å². The number of carbonyl (C=O) groups is 1. The number of amides is 1. The van der Waals surface area contributed by atoms with Crippen molar-refractivity contribution in [2.24, 2.45) is 0 Å². The van der Waals surface area contributed by atoms with Crippen LogP contribution >= 0.6 is 0 Å². The molecule has 1 rings (SSSR count). The molecule has 1 heterocycles. The molecule has 1 fully saturated rings. The summed E-state index contributed by atoms with van der Waals surface area (Å²) in [6, 6.07) is 0. The van der Waals surface area contributed by atoms with E-state index in [9.17, 15) is 9.90 Å². The van der Waals surface area contributed by atoms with Crippen LogP contribution in [0.3, 0.4) is 0 Å². The third kappa shape index (κ3) is 3.33. The van der Waals surface area contributed by atoms with E-state index in [0.717, 1.165) is 0 Å². The number of methoxy groups -OCH3 is 1. The van der Waals surface area contributed by atoms with Crippen molar-refractivity contribution in [3.8, 4) is 0 Å². The summed E-state index contributed by atoms with van der Waals surface area (Å²) >= 11 is 0. The van der Waals surface area contributed by atoms with Crippen molar-refractivity contribution >= 4 is 6.09 Å². The summed E-state index contributed by atoms with van der Waals surface area (Å²) in [4.78, 5) is 13.6. The smallest absolute Gasteiger partial charge is 0.410 e. The quantitative estimate of drug-likeness (QED) is 0.798. The number of hydrogen-bond acceptors (Lipinski definition) is 4. The molecule has 1 saturated heterocycles. The highest BCUT2D eigenvalue weighted by molar-refractivity contribution is 5.69. The summed E-state index contributed by atoms with van der Waals surface area (Å²) in [6.07, 6.45) is 0.187. The lowest BCUT2D eigenvalue weighted by Gasteiger charge is -2.34. The molecule has 1 N–H and O–H groups in total. The highest BCUT2D eigenvalue weighted by Crippen LogP contribution is 2.31. The molecule has 17 heavy (non-hydrogen) atoms. The first-order chi connectivity index (χ1) is 7.72. The Bertz CT molecular complexity index is 287.